The molecular formula is C25H24N2O3. The molecule has 0 atom stereocenters. The molecule has 2 amide bonds. The molecule has 1 aliphatic rings. The van der Waals surface area contributed by atoms with Crippen LogP contribution in [-0.4, -0.2) is 18.6 Å². The van der Waals surface area contributed by atoms with Gasteiger partial charge in [0.05, 0.1) is 0 Å². The van der Waals surface area contributed by atoms with Gasteiger partial charge in [-0.05, 0) is 52.8 Å². The minimum Gasteiger partial charge on any atom is -0.448 e. The molecular weight excluding hydrogens is 376 g/mol. The third-order valence-electron chi connectivity index (χ3n) is 5.49. The highest BCUT2D eigenvalue weighted by Crippen LogP contribution is 2.44. The van der Waals surface area contributed by atoms with Crippen molar-refractivity contribution in [1.29, 1.82) is 0 Å². The lowest BCUT2D eigenvalue weighted by molar-refractivity contribution is -0.117. The smallest absolute Gasteiger partial charge is 0.411 e. The van der Waals surface area contributed by atoms with Gasteiger partial charge in [-0.3, -0.25) is 10.1 Å². The number of carbonyl (C=O) groups excluding carboxylic acids is 2. The van der Waals surface area contributed by atoms with E-state index in [0.29, 0.717) is 12.1 Å². The Balaban J connectivity index is 1.47. The van der Waals surface area contributed by atoms with Crippen LogP contribution < -0.4 is 11.1 Å². The van der Waals surface area contributed by atoms with Crippen LogP contribution in [0.1, 0.15) is 34.6 Å². The Labute approximate surface area is 175 Å². The molecule has 0 saturated heterocycles. The van der Waals surface area contributed by atoms with E-state index < -0.39 is 6.09 Å². The van der Waals surface area contributed by atoms with Gasteiger partial charge in [0.25, 0.3) is 0 Å². The van der Waals surface area contributed by atoms with E-state index in [1.807, 2.05) is 49.4 Å². The summed E-state index contributed by atoms with van der Waals surface area (Å²) in [6.45, 7) is 2.20. The van der Waals surface area contributed by atoms with Crippen LogP contribution in [0.2, 0.25) is 0 Å². The number of anilines is 1. The summed E-state index contributed by atoms with van der Waals surface area (Å²) in [7, 11) is 0. The summed E-state index contributed by atoms with van der Waals surface area (Å²) < 4.78 is 5.62. The second kappa shape index (κ2) is 8.41. The molecule has 0 aromatic heterocycles. The Kier molecular flexibility index (Phi) is 5.53. The summed E-state index contributed by atoms with van der Waals surface area (Å²) in [4.78, 5) is 23.7. The first-order valence-electron chi connectivity index (χ1n) is 10.0. The van der Waals surface area contributed by atoms with Crippen LogP contribution in [0.4, 0.5) is 10.5 Å². The molecule has 3 aromatic carbocycles. The molecule has 30 heavy (non-hydrogen) atoms. The van der Waals surface area contributed by atoms with Gasteiger partial charge in [0.1, 0.15) is 6.61 Å². The van der Waals surface area contributed by atoms with Gasteiger partial charge < -0.3 is 10.5 Å². The maximum Gasteiger partial charge on any atom is 0.411 e. The normalized spacial score (nSPS) is 12.2. The minimum atomic E-state index is -0.511. The van der Waals surface area contributed by atoms with E-state index >= 15 is 0 Å². The maximum absolute atomic E-state index is 12.6. The Bertz CT molecular complexity index is 1060. The molecule has 0 fully saturated rings. The third kappa shape index (κ3) is 4.06. The van der Waals surface area contributed by atoms with Gasteiger partial charge in [-0.2, -0.15) is 0 Å². The highest BCUT2D eigenvalue weighted by molar-refractivity contribution is 5.86. The molecule has 0 spiro atoms. The van der Waals surface area contributed by atoms with Crippen LogP contribution in [-0.2, 0) is 16.0 Å². The molecule has 0 aliphatic heterocycles. The lowest BCUT2D eigenvalue weighted by atomic mass is 9.98. The number of nitrogens with two attached hydrogens (primary N) is 1. The van der Waals surface area contributed by atoms with Crippen LogP contribution in [0.5, 0.6) is 0 Å². The summed E-state index contributed by atoms with van der Waals surface area (Å²) in [6, 6.07) is 22.2. The lowest BCUT2D eigenvalue weighted by Crippen LogP contribution is -2.19. The first kappa shape index (κ1) is 19.7. The zero-order chi connectivity index (χ0) is 21.1. The van der Waals surface area contributed by atoms with E-state index in [-0.39, 0.29) is 24.9 Å². The summed E-state index contributed by atoms with van der Waals surface area (Å²) >= 11 is 0. The average molecular weight is 400 g/mol. The van der Waals surface area contributed by atoms with E-state index in [4.69, 9.17) is 10.5 Å². The number of amides is 2. The van der Waals surface area contributed by atoms with Gasteiger partial charge in [0.2, 0.25) is 5.91 Å². The minimum absolute atomic E-state index is 0.00925. The van der Waals surface area contributed by atoms with Crippen molar-refractivity contribution in [2.24, 2.45) is 5.73 Å². The van der Waals surface area contributed by atoms with E-state index in [2.05, 4.69) is 29.6 Å². The third-order valence-corrected chi connectivity index (χ3v) is 5.49. The zero-order valence-electron chi connectivity index (χ0n) is 16.9. The van der Waals surface area contributed by atoms with Gasteiger partial charge >= 0.3 is 6.09 Å². The van der Waals surface area contributed by atoms with Gasteiger partial charge in [-0.1, -0.05) is 60.7 Å². The number of primary amides is 1. The molecule has 0 unspecified atom stereocenters. The van der Waals surface area contributed by atoms with Crippen molar-refractivity contribution in [3.05, 3.63) is 89.0 Å². The number of hydrogen-bond donors (Lipinski definition) is 2. The molecule has 3 aromatic rings. The largest absolute Gasteiger partial charge is 0.448 e. The van der Waals surface area contributed by atoms with E-state index in [0.717, 1.165) is 11.1 Å². The molecule has 0 radical (unpaired) electrons. The van der Waals surface area contributed by atoms with Crippen LogP contribution in [0.25, 0.3) is 11.1 Å². The van der Waals surface area contributed by atoms with Crippen molar-refractivity contribution >= 4 is 17.7 Å². The molecule has 4 rings (SSSR count). The van der Waals surface area contributed by atoms with Gasteiger partial charge in [0.15, 0.2) is 0 Å². The fraction of sp³-hybridized carbons (Fsp3) is 0.200. The number of nitrogens with one attached hydrogen (secondary N) is 1. The highest BCUT2D eigenvalue weighted by atomic mass is 16.5. The zero-order valence-corrected chi connectivity index (χ0v) is 16.9. The number of fused-ring (bicyclic) bond motifs is 3. The lowest BCUT2D eigenvalue weighted by Gasteiger charge is -2.16. The molecule has 3 N–H and O–H groups in total. The maximum atomic E-state index is 12.6. The average Bonchev–Trinajstić information content (AvgIpc) is 3.05. The highest BCUT2D eigenvalue weighted by Gasteiger charge is 2.29. The van der Waals surface area contributed by atoms with Gasteiger partial charge in [-0.25, -0.2) is 4.79 Å². The van der Waals surface area contributed by atoms with E-state index in [1.165, 1.54) is 22.3 Å². The van der Waals surface area contributed by atoms with Gasteiger partial charge in [-0.15, -0.1) is 0 Å². The van der Waals surface area contributed by atoms with Crippen molar-refractivity contribution in [3.8, 4) is 11.1 Å². The van der Waals surface area contributed by atoms with E-state index in [1.54, 1.807) is 0 Å². The predicted molar refractivity (Wildman–Crippen MR) is 117 cm³/mol. The predicted octanol–water partition coefficient (Wildman–Crippen LogP) is 4.77. The van der Waals surface area contributed by atoms with Crippen molar-refractivity contribution in [3.63, 3.8) is 0 Å². The second-order valence-corrected chi connectivity index (χ2v) is 7.58. The molecule has 0 bridgehead atoms. The van der Waals surface area contributed by atoms with Crippen LogP contribution in [0.3, 0.4) is 0 Å². The number of hydrogen-bond acceptors (Lipinski definition) is 3. The summed E-state index contributed by atoms with van der Waals surface area (Å²) in [6.07, 6.45) is 0.180. The fourth-order valence-electron chi connectivity index (χ4n) is 4.03. The standard InChI is InChI=1S/C25H24N2O3/c1-16-10-11-17(12-13-24(26)28)23(14-16)27-25(29)30-15-22-20-8-4-2-6-18(20)19-7-3-5-9-21(19)22/h2-11,14,22H,12-13,15H2,1H3,(H2,26,28)(H,27,29). The Hall–Kier alpha value is -3.60. The van der Waals surface area contributed by atoms with Crippen LogP contribution >= 0.6 is 0 Å². The number of benzene rings is 3. The van der Waals surface area contributed by atoms with Crippen molar-refractivity contribution < 1.29 is 14.3 Å². The van der Waals surface area contributed by atoms with E-state index in [9.17, 15) is 9.59 Å². The SMILES string of the molecule is Cc1ccc(CCC(N)=O)c(NC(=O)OCC2c3ccccc3-c3ccccc32)c1. The van der Waals surface area contributed by atoms with Crippen LogP contribution in [0.15, 0.2) is 66.7 Å². The first-order valence-corrected chi connectivity index (χ1v) is 10.0. The van der Waals surface area contributed by atoms with Crippen molar-refractivity contribution in [2.45, 2.75) is 25.7 Å². The molecule has 1 aliphatic carbocycles. The molecule has 0 heterocycles. The van der Waals surface area contributed by atoms with Crippen molar-refractivity contribution in [2.75, 3.05) is 11.9 Å². The second-order valence-electron chi connectivity index (χ2n) is 7.58. The Morgan fingerprint density at radius 2 is 1.60 bits per heavy atom. The number of rotatable bonds is 6. The summed E-state index contributed by atoms with van der Waals surface area (Å²) in [5.74, 6) is -0.363. The van der Waals surface area contributed by atoms with Crippen LogP contribution in [0, 0.1) is 6.92 Å². The Morgan fingerprint density at radius 1 is 0.967 bits per heavy atom. The molecule has 0 saturated carbocycles. The quantitative estimate of drug-likeness (QED) is 0.625. The summed E-state index contributed by atoms with van der Waals surface area (Å²) in [5.41, 5.74) is 12.5. The number of carbonyl (C=O) groups is 2. The number of ether oxygens (including phenoxy) is 1. The Morgan fingerprint density at radius 3 is 2.23 bits per heavy atom. The number of aryl methyl sites for hydroxylation is 2. The summed E-state index contributed by atoms with van der Waals surface area (Å²) in [5, 5.41) is 2.83. The molecule has 5 heteroatoms. The first-order chi connectivity index (χ1) is 14.5. The monoisotopic (exact) mass is 400 g/mol. The van der Waals surface area contributed by atoms with Gasteiger partial charge in [0, 0.05) is 18.0 Å². The fourth-order valence-corrected chi connectivity index (χ4v) is 4.03. The molecule has 152 valence electrons. The molecule has 5 nitrogen and oxygen atoms in total. The van der Waals surface area contributed by atoms with Crippen molar-refractivity contribution in [1.82, 2.24) is 0 Å². The topological polar surface area (TPSA) is 81.4 Å².